The highest BCUT2D eigenvalue weighted by Gasteiger charge is 2.29. The molecule has 0 saturated carbocycles. The molecule has 0 saturated heterocycles. The maximum atomic E-state index is 13.1. The van der Waals surface area contributed by atoms with Crippen molar-refractivity contribution in [3.05, 3.63) is 46.5 Å². The Morgan fingerprint density at radius 2 is 2.06 bits per heavy atom. The van der Waals surface area contributed by atoms with Crippen LogP contribution in [-0.2, 0) is 11.3 Å². The van der Waals surface area contributed by atoms with E-state index < -0.39 is 5.97 Å². The molecule has 0 fully saturated rings. The Bertz CT molecular complexity index is 1230. The maximum Gasteiger partial charge on any atom is 0.305 e. The van der Waals surface area contributed by atoms with E-state index in [0.29, 0.717) is 10.7 Å². The van der Waals surface area contributed by atoms with Crippen molar-refractivity contribution in [2.75, 3.05) is 23.8 Å². The zero-order chi connectivity index (χ0) is 23.0. The molecule has 1 aliphatic heterocycles. The fourth-order valence-electron chi connectivity index (χ4n) is 3.79. The van der Waals surface area contributed by atoms with E-state index in [1.165, 1.54) is 11.2 Å². The number of nitrogen functional groups attached to an aromatic ring is 1. The number of amides is 1. The topological polar surface area (TPSA) is 136 Å². The van der Waals surface area contributed by atoms with Gasteiger partial charge in [-0.2, -0.15) is 5.10 Å². The predicted molar refractivity (Wildman–Crippen MR) is 118 cm³/mol. The van der Waals surface area contributed by atoms with Crippen molar-refractivity contribution in [3.8, 4) is 17.0 Å². The molecule has 0 unspecified atom stereocenters. The summed E-state index contributed by atoms with van der Waals surface area (Å²) in [6.07, 6.45) is 1.23. The first-order chi connectivity index (χ1) is 15.3. The molecule has 0 bridgehead atoms. The van der Waals surface area contributed by atoms with Crippen LogP contribution in [0.1, 0.15) is 28.2 Å². The van der Waals surface area contributed by atoms with Crippen molar-refractivity contribution in [3.63, 3.8) is 0 Å². The molecule has 10 nitrogen and oxygen atoms in total. The van der Waals surface area contributed by atoms with E-state index in [0.717, 1.165) is 22.5 Å². The molecule has 166 valence electrons. The minimum absolute atomic E-state index is 0.0263. The first kappa shape index (κ1) is 21.6. The second-order valence-corrected chi connectivity index (χ2v) is 7.73. The molecule has 11 heteroatoms. The Kier molecular flexibility index (Phi) is 5.70. The zero-order valence-electron chi connectivity index (χ0n) is 17.5. The number of aromatic nitrogens is 4. The molecule has 0 radical (unpaired) electrons. The van der Waals surface area contributed by atoms with Gasteiger partial charge in [-0.15, -0.1) is 0 Å². The van der Waals surface area contributed by atoms with Gasteiger partial charge in [-0.25, -0.2) is 9.97 Å². The number of nitrogens with zero attached hydrogens (tertiary/aromatic N) is 5. The minimum Gasteiger partial charge on any atom is -0.481 e. The lowest BCUT2D eigenvalue weighted by Gasteiger charge is -2.21. The van der Waals surface area contributed by atoms with Gasteiger partial charge in [0.2, 0.25) is 5.88 Å². The standard InChI is InChI=1S/C21H21ClN6O4/c1-11-17(12(2)28(26-11)6-5-16(29)30)14-4-3-13(9-15(14)22)27-7-8-32-20-18(21(27)31)19(23)24-10-25-20/h3-4,9-10H,5-8H2,1-2H3,(H,29,30)(H2,23,24,25). The number of benzene rings is 1. The van der Waals surface area contributed by atoms with Gasteiger partial charge in [0.1, 0.15) is 24.3 Å². The number of aliphatic carboxylic acids is 1. The molecule has 32 heavy (non-hydrogen) atoms. The summed E-state index contributed by atoms with van der Waals surface area (Å²) >= 11 is 6.63. The van der Waals surface area contributed by atoms with Crippen molar-refractivity contribution < 1.29 is 19.4 Å². The van der Waals surface area contributed by atoms with E-state index in [-0.39, 0.29) is 49.3 Å². The van der Waals surface area contributed by atoms with Crippen LogP contribution in [-0.4, -0.2) is 49.9 Å². The summed E-state index contributed by atoms with van der Waals surface area (Å²) in [6, 6.07) is 5.31. The Morgan fingerprint density at radius 1 is 1.28 bits per heavy atom. The van der Waals surface area contributed by atoms with Gasteiger partial charge < -0.3 is 20.5 Å². The van der Waals surface area contributed by atoms with Gasteiger partial charge in [-0.3, -0.25) is 14.3 Å². The van der Waals surface area contributed by atoms with E-state index in [2.05, 4.69) is 15.1 Å². The van der Waals surface area contributed by atoms with Gasteiger partial charge >= 0.3 is 5.97 Å². The fourth-order valence-corrected chi connectivity index (χ4v) is 4.06. The van der Waals surface area contributed by atoms with Gasteiger partial charge in [0.25, 0.3) is 5.91 Å². The number of ether oxygens (including phenoxy) is 1. The van der Waals surface area contributed by atoms with Crippen molar-refractivity contribution in [1.29, 1.82) is 0 Å². The molecular weight excluding hydrogens is 436 g/mol. The van der Waals surface area contributed by atoms with Crippen molar-refractivity contribution in [1.82, 2.24) is 19.7 Å². The number of rotatable bonds is 5. The summed E-state index contributed by atoms with van der Waals surface area (Å²) in [5.41, 5.74) is 9.73. The number of hydrogen-bond acceptors (Lipinski definition) is 7. The van der Waals surface area contributed by atoms with E-state index in [9.17, 15) is 9.59 Å². The molecule has 3 aromatic rings. The first-order valence-electron chi connectivity index (χ1n) is 9.88. The highest BCUT2D eigenvalue weighted by molar-refractivity contribution is 6.33. The molecule has 3 heterocycles. The number of aryl methyl sites for hydroxylation is 2. The summed E-state index contributed by atoms with van der Waals surface area (Å²) in [4.78, 5) is 33.5. The molecule has 1 amide bonds. The molecule has 4 rings (SSSR count). The molecule has 2 aromatic heterocycles. The van der Waals surface area contributed by atoms with Crippen LogP contribution in [0, 0.1) is 13.8 Å². The number of carbonyl (C=O) groups excluding carboxylic acids is 1. The second-order valence-electron chi connectivity index (χ2n) is 7.32. The number of fused-ring (bicyclic) bond motifs is 1. The van der Waals surface area contributed by atoms with Crippen LogP contribution in [0.15, 0.2) is 24.5 Å². The lowest BCUT2D eigenvalue weighted by molar-refractivity contribution is -0.137. The Morgan fingerprint density at radius 3 is 2.78 bits per heavy atom. The number of hydrogen-bond donors (Lipinski definition) is 2. The number of anilines is 2. The quantitative estimate of drug-likeness (QED) is 0.597. The van der Waals surface area contributed by atoms with Gasteiger partial charge in [0.05, 0.1) is 30.2 Å². The Hall–Kier alpha value is -3.66. The van der Waals surface area contributed by atoms with E-state index in [1.807, 2.05) is 19.9 Å². The lowest BCUT2D eigenvalue weighted by Crippen LogP contribution is -2.32. The largest absolute Gasteiger partial charge is 0.481 e. The molecule has 1 aliphatic rings. The van der Waals surface area contributed by atoms with Gasteiger partial charge in [0, 0.05) is 22.5 Å². The number of carboxylic acids is 1. The molecular formula is C21H21ClN6O4. The third-order valence-electron chi connectivity index (χ3n) is 5.31. The predicted octanol–water partition coefficient (Wildman–Crippen LogP) is 2.71. The zero-order valence-corrected chi connectivity index (χ0v) is 18.3. The molecule has 3 N–H and O–H groups in total. The van der Waals surface area contributed by atoms with Gasteiger partial charge in [-0.1, -0.05) is 17.7 Å². The Balaban J connectivity index is 1.68. The van der Waals surface area contributed by atoms with Gasteiger partial charge in [0.15, 0.2) is 0 Å². The molecule has 0 aliphatic carbocycles. The second kappa shape index (κ2) is 8.46. The summed E-state index contributed by atoms with van der Waals surface area (Å²) in [5.74, 6) is -1.05. The maximum absolute atomic E-state index is 13.1. The number of carbonyl (C=O) groups is 2. The van der Waals surface area contributed by atoms with Crippen molar-refractivity contribution in [2.24, 2.45) is 0 Å². The van der Waals surface area contributed by atoms with Crippen molar-refractivity contribution >= 4 is 35.0 Å². The smallest absolute Gasteiger partial charge is 0.305 e. The number of halogens is 1. The summed E-state index contributed by atoms with van der Waals surface area (Å²) in [5, 5.41) is 13.8. The van der Waals surface area contributed by atoms with E-state index in [4.69, 9.17) is 27.2 Å². The van der Waals surface area contributed by atoms with Crippen LogP contribution in [0.4, 0.5) is 11.5 Å². The summed E-state index contributed by atoms with van der Waals surface area (Å²) in [7, 11) is 0. The van der Waals surface area contributed by atoms with E-state index in [1.54, 1.807) is 16.8 Å². The van der Waals surface area contributed by atoms with Crippen LogP contribution in [0.25, 0.3) is 11.1 Å². The van der Waals surface area contributed by atoms with Crippen LogP contribution in [0.3, 0.4) is 0 Å². The number of carboxylic acid groups (broad SMARTS) is 1. The monoisotopic (exact) mass is 456 g/mol. The van der Waals surface area contributed by atoms with Gasteiger partial charge in [-0.05, 0) is 26.0 Å². The van der Waals surface area contributed by atoms with Crippen LogP contribution in [0.5, 0.6) is 5.88 Å². The average Bonchev–Trinajstić information content (AvgIpc) is 2.90. The van der Waals surface area contributed by atoms with Crippen LogP contribution in [0.2, 0.25) is 5.02 Å². The highest BCUT2D eigenvalue weighted by atomic mass is 35.5. The average molecular weight is 457 g/mol. The van der Waals surface area contributed by atoms with Crippen molar-refractivity contribution in [2.45, 2.75) is 26.8 Å². The third-order valence-corrected chi connectivity index (χ3v) is 5.62. The Labute approximate surface area is 188 Å². The summed E-state index contributed by atoms with van der Waals surface area (Å²) in [6.45, 7) is 4.51. The summed E-state index contributed by atoms with van der Waals surface area (Å²) < 4.78 is 7.23. The highest BCUT2D eigenvalue weighted by Crippen LogP contribution is 2.36. The number of nitrogens with two attached hydrogens (primary N) is 1. The third kappa shape index (κ3) is 3.84. The lowest BCUT2D eigenvalue weighted by atomic mass is 10.0. The molecule has 1 aromatic carbocycles. The van der Waals surface area contributed by atoms with Crippen LogP contribution >= 0.6 is 11.6 Å². The molecule has 0 spiro atoms. The van der Waals surface area contributed by atoms with E-state index >= 15 is 0 Å². The first-order valence-corrected chi connectivity index (χ1v) is 10.3. The normalized spacial score (nSPS) is 13.5. The minimum atomic E-state index is -0.889. The fraction of sp³-hybridized carbons (Fsp3) is 0.286. The van der Waals surface area contributed by atoms with Crippen LogP contribution < -0.4 is 15.4 Å². The molecule has 0 atom stereocenters. The SMILES string of the molecule is Cc1nn(CCC(=O)O)c(C)c1-c1ccc(N2CCOc3ncnc(N)c3C2=O)cc1Cl.